The molecule has 0 radical (unpaired) electrons. The van der Waals surface area contributed by atoms with Crippen LogP contribution < -0.4 is 10.6 Å². The summed E-state index contributed by atoms with van der Waals surface area (Å²) in [6.07, 6.45) is 2.64. The number of aromatic nitrogens is 3. The van der Waals surface area contributed by atoms with Gasteiger partial charge in [-0.25, -0.2) is 0 Å². The highest BCUT2D eigenvalue weighted by Gasteiger charge is 2.03. The monoisotopic (exact) mass is 277 g/mol. The molecule has 1 aromatic carbocycles. The van der Waals surface area contributed by atoms with Crippen LogP contribution in [0.1, 0.15) is 18.9 Å². The lowest BCUT2D eigenvalue weighted by molar-refractivity contribution is 0.935. The van der Waals surface area contributed by atoms with Gasteiger partial charge in [-0.3, -0.25) is 0 Å². The highest BCUT2D eigenvalue weighted by atomic mass is 35.5. The molecule has 0 aliphatic heterocycles. The summed E-state index contributed by atoms with van der Waals surface area (Å²) >= 11 is 5.92. The fourth-order valence-corrected chi connectivity index (χ4v) is 1.81. The molecule has 2 N–H and O–H groups in total. The summed E-state index contributed by atoms with van der Waals surface area (Å²) in [5, 5.41) is 14.9. The molecule has 0 saturated carbocycles. The summed E-state index contributed by atoms with van der Waals surface area (Å²) in [4.78, 5) is 4.34. The zero-order valence-corrected chi connectivity index (χ0v) is 11.7. The van der Waals surface area contributed by atoms with Crippen molar-refractivity contribution in [1.82, 2.24) is 15.2 Å². The van der Waals surface area contributed by atoms with E-state index in [9.17, 15) is 0 Å². The zero-order valence-electron chi connectivity index (χ0n) is 10.9. The quantitative estimate of drug-likeness (QED) is 0.877. The fourth-order valence-electron chi connectivity index (χ4n) is 1.58. The number of nitrogens with zero attached hydrogens (tertiary/aromatic N) is 3. The lowest BCUT2D eigenvalue weighted by atomic mass is 10.2. The molecular formula is C13H16ClN5. The smallest absolute Gasteiger partial charge is 0.249 e. The van der Waals surface area contributed by atoms with Gasteiger partial charge in [0.25, 0.3) is 0 Å². The van der Waals surface area contributed by atoms with Crippen LogP contribution >= 0.6 is 11.6 Å². The number of hydrogen-bond donors (Lipinski definition) is 2. The van der Waals surface area contributed by atoms with E-state index in [0.29, 0.717) is 16.8 Å². The van der Waals surface area contributed by atoms with Crippen molar-refractivity contribution in [2.45, 2.75) is 20.3 Å². The zero-order chi connectivity index (χ0) is 13.7. The molecule has 6 heteroatoms. The van der Waals surface area contributed by atoms with Gasteiger partial charge in [-0.05, 0) is 37.1 Å². The molecule has 0 fully saturated rings. The van der Waals surface area contributed by atoms with Crippen molar-refractivity contribution in [2.75, 3.05) is 17.2 Å². The Morgan fingerprint density at radius 2 is 2.16 bits per heavy atom. The first-order valence-electron chi connectivity index (χ1n) is 6.16. The van der Waals surface area contributed by atoms with Gasteiger partial charge >= 0.3 is 0 Å². The minimum Gasteiger partial charge on any atom is -0.369 e. The van der Waals surface area contributed by atoms with Gasteiger partial charge in [-0.1, -0.05) is 18.5 Å². The number of hydrogen-bond acceptors (Lipinski definition) is 5. The molecular weight excluding hydrogens is 262 g/mol. The van der Waals surface area contributed by atoms with Crippen molar-refractivity contribution in [3.8, 4) is 0 Å². The lowest BCUT2D eigenvalue weighted by Gasteiger charge is -2.09. The number of benzene rings is 1. The van der Waals surface area contributed by atoms with Gasteiger partial charge in [-0.15, -0.1) is 5.10 Å². The van der Waals surface area contributed by atoms with Crippen LogP contribution in [0.2, 0.25) is 5.02 Å². The molecule has 0 spiro atoms. The van der Waals surface area contributed by atoms with E-state index >= 15 is 0 Å². The second-order valence-corrected chi connectivity index (χ2v) is 4.61. The van der Waals surface area contributed by atoms with Gasteiger partial charge in [0.15, 0.2) is 5.82 Å². The summed E-state index contributed by atoms with van der Waals surface area (Å²) in [6.45, 7) is 4.93. The van der Waals surface area contributed by atoms with E-state index in [-0.39, 0.29) is 0 Å². The lowest BCUT2D eigenvalue weighted by Crippen LogP contribution is -2.06. The van der Waals surface area contributed by atoms with E-state index in [1.54, 1.807) is 6.20 Å². The van der Waals surface area contributed by atoms with Crippen LogP contribution in [0.5, 0.6) is 0 Å². The van der Waals surface area contributed by atoms with Crippen LogP contribution in [0.4, 0.5) is 17.5 Å². The van der Waals surface area contributed by atoms with Crippen LogP contribution in [0, 0.1) is 6.92 Å². The number of halogens is 1. The molecule has 19 heavy (non-hydrogen) atoms. The SMILES string of the molecule is CCCNc1cnnc(Nc2ccc(Cl)cc2C)n1. The van der Waals surface area contributed by atoms with E-state index in [4.69, 9.17) is 11.6 Å². The van der Waals surface area contributed by atoms with Crippen molar-refractivity contribution in [3.63, 3.8) is 0 Å². The average molecular weight is 278 g/mol. The van der Waals surface area contributed by atoms with Crippen LogP contribution in [-0.2, 0) is 0 Å². The Kier molecular flexibility index (Phi) is 4.52. The second kappa shape index (κ2) is 6.33. The highest BCUT2D eigenvalue weighted by molar-refractivity contribution is 6.30. The minimum atomic E-state index is 0.464. The molecule has 2 aromatic rings. The van der Waals surface area contributed by atoms with Gasteiger partial charge in [0.2, 0.25) is 5.95 Å². The summed E-state index contributed by atoms with van der Waals surface area (Å²) in [5.41, 5.74) is 1.95. The number of anilines is 3. The van der Waals surface area contributed by atoms with Crippen LogP contribution in [0.15, 0.2) is 24.4 Å². The third kappa shape index (κ3) is 3.79. The molecule has 1 aromatic heterocycles. The van der Waals surface area contributed by atoms with Gasteiger partial charge in [0.1, 0.15) is 0 Å². The van der Waals surface area contributed by atoms with E-state index < -0.39 is 0 Å². The summed E-state index contributed by atoms with van der Waals surface area (Å²) < 4.78 is 0. The van der Waals surface area contributed by atoms with Crippen molar-refractivity contribution in [3.05, 3.63) is 35.0 Å². The first kappa shape index (κ1) is 13.5. The second-order valence-electron chi connectivity index (χ2n) is 4.18. The minimum absolute atomic E-state index is 0.464. The Labute approximate surface area is 117 Å². The largest absolute Gasteiger partial charge is 0.369 e. The first-order chi connectivity index (χ1) is 9.19. The molecule has 5 nitrogen and oxygen atoms in total. The topological polar surface area (TPSA) is 62.7 Å². The molecule has 0 aliphatic carbocycles. The number of rotatable bonds is 5. The molecule has 0 aliphatic rings. The Hall–Kier alpha value is -1.88. The standard InChI is InChI=1S/C13H16ClN5/c1-3-6-15-12-8-16-19-13(18-12)17-11-5-4-10(14)7-9(11)2/h4-5,7-8H,3,6H2,1-2H3,(H2,15,17,18,19). The number of aryl methyl sites for hydroxylation is 1. The normalized spacial score (nSPS) is 10.3. The predicted octanol–water partition coefficient (Wildman–Crippen LogP) is 3.40. The van der Waals surface area contributed by atoms with Crippen molar-refractivity contribution in [1.29, 1.82) is 0 Å². The van der Waals surface area contributed by atoms with Gasteiger partial charge in [-0.2, -0.15) is 10.1 Å². The molecule has 0 amide bonds. The molecule has 100 valence electrons. The Bertz CT molecular complexity index is 558. The summed E-state index contributed by atoms with van der Waals surface area (Å²) in [7, 11) is 0. The summed E-state index contributed by atoms with van der Waals surface area (Å²) in [6, 6.07) is 5.60. The van der Waals surface area contributed by atoms with E-state index in [1.165, 1.54) is 0 Å². The van der Waals surface area contributed by atoms with Crippen molar-refractivity contribution >= 4 is 29.1 Å². The third-order valence-corrected chi connectivity index (χ3v) is 2.78. The third-order valence-electron chi connectivity index (χ3n) is 2.55. The maximum atomic E-state index is 5.92. The maximum absolute atomic E-state index is 5.92. The number of nitrogens with one attached hydrogen (secondary N) is 2. The van der Waals surface area contributed by atoms with Gasteiger partial charge < -0.3 is 10.6 Å². The maximum Gasteiger partial charge on any atom is 0.249 e. The van der Waals surface area contributed by atoms with Gasteiger partial charge in [0, 0.05) is 17.3 Å². The van der Waals surface area contributed by atoms with E-state index in [2.05, 4.69) is 32.7 Å². The van der Waals surface area contributed by atoms with E-state index in [1.807, 2.05) is 25.1 Å². The Balaban J connectivity index is 2.14. The van der Waals surface area contributed by atoms with Crippen molar-refractivity contribution < 1.29 is 0 Å². The highest BCUT2D eigenvalue weighted by Crippen LogP contribution is 2.21. The van der Waals surface area contributed by atoms with Gasteiger partial charge in [0.05, 0.1) is 6.20 Å². The molecule has 0 atom stereocenters. The molecule has 0 bridgehead atoms. The van der Waals surface area contributed by atoms with E-state index in [0.717, 1.165) is 24.2 Å². The van der Waals surface area contributed by atoms with Crippen LogP contribution in [0.25, 0.3) is 0 Å². The molecule has 0 unspecified atom stereocenters. The average Bonchev–Trinajstić information content (AvgIpc) is 2.40. The predicted molar refractivity (Wildman–Crippen MR) is 78.1 cm³/mol. The Morgan fingerprint density at radius 3 is 2.89 bits per heavy atom. The first-order valence-corrected chi connectivity index (χ1v) is 6.53. The molecule has 2 rings (SSSR count). The van der Waals surface area contributed by atoms with Crippen LogP contribution in [0.3, 0.4) is 0 Å². The Morgan fingerprint density at radius 1 is 1.32 bits per heavy atom. The van der Waals surface area contributed by atoms with Crippen LogP contribution in [-0.4, -0.2) is 21.7 Å². The van der Waals surface area contributed by atoms with Crippen molar-refractivity contribution in [2.24, 2.45) is 0 Å². The summed E-state index contributed by atoms with van der Waals surface area (Å²) in [5.74, 6) is 1.18. The molecule has 1 heterocycles. The fraction of sp³-hybridized carbons (Fsp3) is 0.308. The molecule has 0 saturated heterocycles.